The Morgan fingerprint density at radius 1 is 0.312 bits per heavy atom. The highest BCUT2D eigenvalue weighted by Gasteiger charge is 2.50. The molecule has 0 unspecified atom stereocenters. The average Bonchev–Trinajstić information content (AvgIpc) is 3.06. The van der Waals surface area contributed by atoms with E-state index in [0.29, 0.717) is 19.3 Å². The fraction of sp³-hybridized carbons (Fsp3) is 0.909. The van der Waals surface area contributed by atoms with Gasteiger partial charge < -0.3 is 0 Å². The van der Waals surface area contributed by atoms with Crippen LogP contribution in [-0.2, 0) is 19.2 Å². The van der Waals surface area contributed by atoms with E-state index in [2.05, 4.69) is 13.8 Å². The van der Waals surface area contributed by atoms with Gasteiger partial charge >= 0.3 is 0 Å². The molecule has 0 aliphatic rings. The summed E-state index contributed by atoms with van der Waals surface area (Å²) in [6.07, 6.45) is 38.4. The van der Waals surface area contributed by atoms with E-state index >= 15 is 0 Å². The summed E-state index contributed by atoms with van der Waals surface area (Å²) >= 11 is 0. The normalized spacial score (nSPS) is 11.7. The molecule has 4 heteroatoms. The number of ketones is 4. The van der Waals surface area contributed by atoms with Gasteiger partial charge in [-0.05, 0) is 26.2 Å². The molecule has 0 heterocycles. The van der Waals surface area contributed by atoms with Crippen LogP contribution in [0.2, 0.25) is 0 Å². The van der Waals surface area contributed by atoms with Crippen LogP contribution in [0.15, 0.2) is 0 Å². The zero-order chi connectivity index (χ0) is 35.6. The molecule has 0 N–H and O–H groups in total. The summed E-state index contributed by atoms with van der Waals surface area (Å²) in [4.78, 5) is 53.1. The molecule has 48 heavy (non-hydrogen) atoms. The van der Waals surface area contributed by atoms with Gasteiger partial charge in [0.05, 0.1) is 0 Å². The molecule has 4 nitrogen and oxygen atoms in total. The molecule has 282 valence electrons. The Kier molecular flexibility index (Phi) is 33.2. The standard InChI is InChI=1S/C44H82O4/c1-5-8-10-12-14-16-18-20-22-24-26-28-30-32-34-37-42(47)44(39-40(4)45,41(46)36-7-3)43(48)38-35-33-31-29-27-25-23-21-19-17-15-13-11-9-6-2/h5-39H2,1-4H3. The van der Waals surface area contributed by atoms with Crippen LogP contribution in [0.3, 0.4) is 0 Å². The number of hydrogen-bond acceptors (Lipinski definition) is 4. The lowest BCUT2D eigenvalue weighted by atomic mass is 9.68. The number of hydrogen-bond donors (Lipinski definition) is 0. The molecular formula is C44H82O4. The van der Waals surface area contributed by atoms with Gasteiger partial charge in [0.1, 0.15) is 5.78 Å². The molecule has 0 amide bonds. The van der Waals surface area contributed by atoms with Crippen LogP contribution in [0.1, 0.15) is 252 Å². The highest BCUT2D eigenvalue weighted by Crippen LogP contribution is 2.33. The van der Waals surface area contributed by atoms with Gasteiger partial charge in [-0.3, -0.25) is 19.2 Å². The summed E-state index contributed by atoms with van der Waals surface area (Å²) in [5.74, 6) is -1.15. The second-order valence-electron chi connectivity index (χ2n) is 15.2. The van der Waals surface area contributed by atoms with Crippen LogP contribution < -0.4 is 0 Å². The smallest absolute Gasteiger partial charge is 0.154 e. The molecule has 0 saturated carbocycles. The third-order valence-electron chi connectivity index (χ3n) is 10.4. The maximum absolute atomic E-state index is 13.7. The Morgan fingerprint density at radius 2 is 0.542 bits per heavy atom. The van der Waals surface area contributed by atoms with Crippen molar-refractivity contribution < 1.29 is 19.2 Å². The predicted molar refractivity (Wildman–Crippen MR) is 207 cm³/mol. The molecule has 0 radical (unpaired) electrons. The summed E-state index contributed by atoms with van der Waals surface area (Å²) in [6.45, 7) is 7.84. The van der Waals surface area contributed by atoms with E-state index in [0.717, 1.165) is 25.7 Å². The van der Waals surface area contributed by atoms with E-state index in [-0.39, 0.29) is 48.8 Å². The van der Waals surface area contributed by atoms with E-state index in [9.17, 15) is 19.2 Å². The average molecular weight is 675 g/mol. The maximum atomic E-state index is 13.7. The van der Waals surface area contributed by atoms with Gasteiger partial charge in [0, 0.05) is 25.7 Å². The number of Topliss-reactive ketones (excluding diaryl/α,β-unsaturated/α-hetero) is 4. The molecule has 0 fully saturated rings. The highest BCUT2D eigenvalue weighted by atomic mass is 16.2. The van der Waals surface area contributed by atoms with Gasteiger partial charge in [0.15, 0.2) is 22.8 Å². The largest absolute Gasteiger partial charge is 0.300 e. The molecule has 0 aromatic rings. The zero-order valence-electron chi connectivity index (χ0n) is 32.9. The minimum absolute atomic E-state index is 0.183. The number of rotatable bonds is 39. The first-order chi connectivity index (χ1) is 23.4. The van der Waals surface area contributed by atoms with Gasteiger partial charge in [-0.15, -0.1) is 0 Å². The lowest BCUT2D eigenvalue weighted by molar-refractivity contribution is -0.152. The lowest BCUT2D eigenvalue weighted by Crippen LogP contribution is -2.47. The van der Waals surface area contributed by atoms with Crippen LogP contribution in [0.5, 0.6) is 0 Å². The van der Waals surface area contributed by atoms with Crippen molar-refractivity contribution in [1.29, 1.82) is 0 Å². The maximum Gasteiger partial charge on any atom is 0.154 e. The number of carbonyl (C=O) groups is 4. The Hall–Kier alpha value is -1.32. The van der Waals surface area contributed by atoms with Crippen molar-refractivity contribution in [2.45, 2.75) is 252 Å². The van der Waals surface area contributed by atoms with Crippen molar-refractivity contribution in [3.05, 3.63) is 0 Å². The first-order valence-corrected chi connectivity index (χ1v) is 21.5. The summed E-state index contributed by atoms with van der Waals surface area (Å²) < 4.78 is 0. The molecule has 0 bridgehead atoms. The molecule has 0 aliphatic heterocycles. The van der Waals surface area contributed by atoms with Crippen LogP contribution in [0.25, 0.3) is 0 Å². The predicted octanol–water partition coefficient (Wildman–Crippen LogP) is 14.0. The SMILES string of the molecule is CCCCCCCCCCCCCCCCCC(=O)C(CC(C)=O)(C(=O)CCC)C(=O)CCCCCCCCCCCCCCCCC. The molecular weight excluding hydrogens is 592 g/mol. The third-order valence-corrected chi connectivity index (χ3v) is 10.4. The van der Waals surface area contributed by atoms with Crippen molar-refractivity contribution in [2.24, 2.45) is 5.41 Å². The monoisotopic (exact) mass is 675 g/mol. The van der Waals surface area contributed by atoms with Crippen LogP contribution in [0.4, 0.5) is 0 Å². The van der Waals surface area contributed by atoms with Crippen LogP contribution >= 0.6 is 0 Å². The Morgan fingerprint density at radius 3 is 0.771 bits per heavy atom. The van der Waals surface area contributed by atoms with Crippen molar-refractivity contribution in [3.8, 4) is 0 Å². The molecule has 0 rings (SSSR count). The Balaban J connectivity index is 4.40. The minimum atomic E-state index is -1.74. The van der Waals surface area contributed by atoms with E-state index in [1.165, 1.54) is 161 Å². The minimum Gasteiger partial charge on any atom is -0.300 e. The number of unbranched alkanes of at least 4 members (excludes halogenated alkanes) is 28. The second kappa shape index (κ2) is 34.1. The highest BCUT2D eigenvalue weighted by molar-refractivity contribution is 6.26. The number of carbonyl (C=O) groups excluding carboxylic acids is 4. The summed E-state index contributed by atoms with van der Waals surface area (Å²) in [5.41, 5.74) is -1.74. The van der Waals surface area contributed by atoms with Crippen LogP contribution in [-0.4, -0.2) is 23.1 Å². The molecule has 0 aromatic carbocycles. The van der Waals surface area contributed by atoms with Gasteiger partial charge in [-0.25, -0.2) is 0 Å². The van der Waals surface area contributed by atoms with Crippen molar-refractivity contribution >= 4 is 23.1 Å². The van der Waals surface area contributed by atoms with E-state index in [4.69, 9.17) is 0 Å². The summed E-state index contributed by atoms with van der Waals surface area (Å²) in [5, 5.41) is 0. The lowest BCUT2D eigenvalue weighted by Gasteiger charge is -2.29. The van der Waals surface area contributed by atoms with Crippen LogP contribution in [0, 0.1) is 5.41 Å². The van der Waals surface area contributed by atoms with Crippen molar-refractivity contribution in [3.63, 3.8) is 0 Å². The van der Waals surface area contributed by atoms with Gasteiger partial charge in [0.25, 0.3) is 0 Å². The topological polar surface area (TPSA) is 68.3 Å². The van der Waals surface area contributed by atoms with E-state index in [1.807, 2.05) is 6.92 Å². The van der Waals surface area contributed by atoms with Crippen molar-refractivity contribution in [1.82, 2.24) is 0 Å². The van der Waals surface area contributed by atoms with Gasteiger partial charge in [-0.1, -0.05) is 201 Å². The molecule has 0 saturated heterocycles. The quantitative estimate of drug-likeness (QED) is 0.0480. The Bertz CT molecular complexity index is 739. The van der Waals surface area contributed by atoms with E-state index in [1.54, 1.807) is 0 Å². The Labute approximate surface area is 299 Å². The van der Waals surface area contributed by atoms with Gasteiger partial charge in [0.2, 0.25) is 0 Å². The first kappa shape index (κ1) is 46.7. The van der Waals surface area contributed by atoms with Crippen molar-refractivity contribution in [2.75, 3.05) is 0 Å². The summed E-state index contributed by atoms with van der Waals surface area (Å²) in [7, 11) is 0. The molecule has 0 aromatic heterocycles. The third kappa shape index (κ3) is 24.8. The summed E-state index contributed by atoms with van der Waals surface area (Å²) in [6, 6.07) is 0. The zero-order valence-corrected chi connectivity index (χ0v) is 32.9. The van der Waals surface area contributed by atoms with Gasteiger partial charge in [-0.2, -0.15) is 0 Å². The molecule has 0 aliphatic carbocycles. The fourth-order valence-corrected chi connectivity index (χ4v) is 7.32. The second-order valence-corrected chi connectivity index (χ2v) is 15.2. The molecule has 0 spiro atoms. The molecule has 0 atom stereocenters. The van der Waals surface area contributed by atoms with E-state index < -0.39 is 5.41 Å². The fourth-order valence-electron chi connectivity index (χ4n) is 7.32. The first-order valence-electron chi connectivity index (χ1n) is 21.5.